The molecular weight excluding hydrogens is 234 g/mol. The second kappa shape index (κ2) is 5.29. The Morgan fingerprint density at radius 1 is 1.35 bits per heavy atom. The molecule has 0 aliphatic carbocycles. The summed E-state index contributed by atoms with van der Waals surface area (Å²) in [7, 11) is 1.82. The number of hydrogen-bond donors (Lipinski definition) is 1. The van der Waals surface area contributed by atoms with Gasteiger partial charge in [0.2, 0.25) is 5.16 Å². The van der Waals surface area contributed by atoms with E-state index in [-0.39, 0.29) is 5.25 Å². The minimum atomic E-state index is 0.181. The van der Waals surface area contributed by atoms with Gasteiger partial charge in [-0.25, -0.2) is 4.68 Å². The van der Waals surface area contributed by atoms with Crippen LogP contribution in [0.3, 0.4) is 0 Å². The van der Waals surface area contributed by atoms with Crippen molar-refractivity contribution in [3.05, 3.63) is 35.4 Å². The number of nitrogens with zero attached hydrogens (tertiary/aromatic N) is 4. The van der Waals surface area contributed by atoms with Crippen LogP contribution in [0.2, 0.25) is 0 Å². The smallest absolute Gasteiger partial charge is 0.209 e. The molecule has 1 aromatic carbocycles. The Balaban J connectivity index is 2.17. The third-order valence-electron chi connectivity index (χ3n) is 2.49. The lowest BCUT2D eigenvalue weighted by molar-refractivity contribution is 0.663. The van der Waals surface area contributed by atoms with Crippen molar-refractivity contribution in [1.29, 1.82) is 0 Å². The summed E-state index contributed by atoms with van der Waals surface area (Å²) in [5.74, 6) is 0. The molecule has 17 heavy (non-hydrogen) atoms. The zero-order valence-corrected chi connectivity index (χ0v) is 10.7. The molecular formula is C11H15N5S. The molecule has 0 saturated heterocycles. The first-order chi connectivity index (χ1) is 8.20. The first-order valence-corrected chi connectivity index (χ1v) is 6.24. The van der Waals surface area contributed by atoms with Crippen molar-refractivity contribution in [3.63, 3.8) is 0 Å². The maximum atomic E-state index is 5.81. The average molecular weight is 249 g/mol. The quantitative estimate of drug-likeness (QED) is 0.827. The van der Waals surface area contributed by atoms with Crippen LogP contribution in [-0.4, -0.2) is 26.8 Å². The summed E-state index contributed by atoms with van der Waals surface area (Å²) in [5, 5.41) is 12.3. The first kappa shape index (κ1) is 12.1. The molecule has 0 aliphatic rings. The van der Waals surface area contributed by atoms with Crippen LogP contribution >= 0.6 is 11.8 Å². The van der Waals surface area contributed by atoms with Crippen molar-refractivity contribution in [3.8, 4) is 0 Å². The van der Waals surface area contributed by atoms with Gasteiger partial charge in [0, 0.05) is 18.8 Å². The number of aryl methyl sites for hydroxylation is 2. The van der Waals surface area contributed by atoms with Gasteiger partial charge in [0.25, 0.3) is 0 Å². The van der Waals surface area contributed by atoms with Crippen LogP contribution in [0.15, 0.2) is 29.4 Å². The van der Waals surface area contributed by atoms with Gasteiger partial charge in [0.1, 0.15) is 0 Å². The Bertz CT molecular complexity index is 479. The summed E-state index contributed by atoms with van der Waals surface area (Å²) >= 11 is 1.58. The largest absolute Gasteiger partial charge is 0.329 e. The fraction of sp³-hybridized carbons (Fsp3) is 0.364. The van der Waals surface area contributed by atoms with Crippen molar-refractivity contribution in [2.24, 2.45) is 12.8 Å². The zero-order chi connectivity index (χ0) is 12.3. The standard InChI is InChI=1S/C11H15N5S/c1-8-3-5-9(6-4-8)10(7-12)17-11-13-14-15-16(11)2/h3-6,10H,7,12H2,1-2H3. The molecule has 2 N–H and O–H groups in total. The van der Waals surface area contributed by atoms with Gasteiger partial charge in [-0.05, 0) is 22.9 Å². The van der Waals surface area contributed by atoms with E-state index < -0.39 is 0 Å². The van der Waals surface area contributed by atoms with Crippen molar-refractivity contribution in [1.82, 2.24) is 20.2 Å². The molecule has 1 aromatic heterocycles. The van der Waals surface area contributed by atoms with Gasteiger partial charge in [-0.15, -0.1) is 5.10 Å². The highest BCUT2D eigenvalue weighted by Crippen LogP contribution is 2.32. The summed E-state index contributed by atoms with van der Waals surface area (Å²) in [5.41, 5.74) is 8.26. The number of aromatic nitrogens is 4. The number of tetrazole rings is 1. The van der Waals surface area contributed by atoms with Gasteiger partial charge in [-0.2, -0.15) is 0 Å². The van der Waals surface area contributed by atoms with Crippen LogP contribution in [0.5, 0.6) is 0 Å². The SMILES string of the molecule is Cc1ccc(C(CN)Sc2nnnn2C)cc1. The van der Waals surface area contributed by atoms with Gasteiger partial charge in [-0.1, -0.05) is 41.6 Å². The van der Waals surface area contributed by atoms with E-state index >= 15 is 0 Å². The molecule has 90 valence electrons. The molecule has 0 fully saturated rings. The van der Waals surface area contributed by atoms with Crippen molar-refractivity contribution in [2.75, 3.05) is 6.54 Å². The summed E-state index contributed by atoms with van der Waals surface area (Å²) < 4.78 is 1.65. The molecule has 1 unspecified atom stereocenters. The van der Waals surface area contributed by atoms with Crippen LogP contribution in [-0.2, 0) is 7.05 Å². The van der Waals surface area contributed by atoms with Gasteiger partial charge in [0.15, 0.2) is 0 Å². The molecule has 1 heterocycles. The third-order valence-corrected chi connectivity index (χ3v) is 3.80. The number of nitrogens with two attached hydrogens (primary N) is 1. The van der Waals surface area contributed by atoms with E-state index in [1.165, 1.54) is 11.1 Å². The molecule has 2 rings (SSSR count). The van der Waals surface area contributed by atoms with E-state index in [1.807, 2.05) is 7.05 Å². The first-order valence-electron chi connectivity index (χ1n) is 5.36. The lowest BCUT2D eigenvalue weighted by Crippen LogP contribution is -2.10. The van der Waals surface area contributed by atoms with Gasteiger partial charge in [0.05, 0.1) is 0 Å². The van der Waals surface area contributed by atoms with Crippen molar-refractivity contribution < 1.29 is 0 Å². The molecule has 0 saturated carbocycles. The topological polar surface area (TPSA) is 69.6 Å². The zero-order valence-electron chi connectivity index (χ0n) is 9.87. The van der Waals surface area contributed by atoms with Crippen LogP contribution in [0, 0.1) is 6.92 Å². The molecule has 0 aliphatic heterocycles. The van der Waals surface area contributed by atoms with Gasteiger partial charge < -0.3 is 5.73 Å². The lowest BCUT2D eigenvalue weighted by atomic mass is 10.1. The van der Waals surface area contributed by atoms with Crippen LogP contribution < -0.4 is 5.73 Å². The maximum Gasteiger partial charge on any atom is 0.209 e. The molecule has 6 heteroatoms. The second-order valence-electron chi connectivity index (χ2n) is 3.84. The molecule has 0 amide bonds. The van der Waals surface area contributed by atoms with E-state index in [2.05, 4.69) is 46.7 Å². The number of hydrogen-bond acceptors (Lipinski definition) is 5. The Morgan fingerprint density at radius 2 is 2.06 bits per heavy atom. The van der Waals surface area contributed by atoms with E-state index in [0.29, 0.717) is 6.54 Å². The third kappa shape index (κ3) is 2.83. The predicted octanol–water partition coefficient (Wildman–Crippen LogP) is 1.31. The lowest BCUT2D eigenvalue weighted by Gasteiger charge is -2.13. The monoisotopic (exact) mass is 249 g/mol. The molecule has 5 nitrogen and oxygen atoms in total. The normalized spacial score (nSPS) is 12.6. The van der Waals surface area contributed by atoms with Crippen LogP contribution in [0.4, 0.5) is 0 Å². The van der Waals surface area contributed by atoms with Gasteiger partial charge >= 0.3 is 0 Å². The minimum absolute atomic E-state index is 0.181. The van der Waals surface area contributed by atoms with E-state index in [0.717, 1.165) is 5.16 Å². The van der Waals surface area contributed by atoms with Crippen LogP contribution in [0.25, 0.3) is 0 Å². The van der Waals surface area contributed by atoms with Crippen molar-refractivity contribution in [2.45, 2.75) is 17.3 Å². The molecule has 0 bridgehead atoms. The van der Waals surface area contributed by atoms with Gasteiger partial charge in [-0.3, -0.25) is 0 Å². The Kier molecular flexibility index (Phi) is 3.75. The van der Waals surface area contributed by atoms with E-state index in [1.54, 1.807) is 16.4 Å². The predicted molar refractivity (Wildman–Crippen MR) is 67.6 cm³/mol. The summed E-state index contributed by atoms with van der Waals surface area (Å²) in [6.07, 6.45) is 0. The van der Waals surface area contributed by atoms with E-state index in [4.69, 9.17) is 5.73 Å². The molecule has 2 aromatic rings. The fourth-order valence-corrected chi connectivity index (χ4v) is 2.40. The molecule has 1 atom stereocenters. The molecule has 0 spiro atoms. The summed E-state index contributed by atoms with van der Waals surface area (Å²) in [4.78, 5) is 0. The number of benzene rings is 1. The Labute approximate surface area is 104 Å². The fourth-order valence-electron chi connectivity index (χ4n) is 1.48. The Morgan fingerprint density at radius 3 is 2.59 bits per heavy atom. The van der Waals surface area contributed by atoms with Crippen molar-refractivity contribution >= 4 is 11.8 Å². The highest BCUT2D eigenvalue weighted by Gasteiger charge is 2.14. The minimum Gasteiger partial charge on any atom is -0.329 e. The average Bonchev–Trinajstić information content (AvgIpc) is 2.73. The highest BCUT2D eigenvalue weighted by molar-refractivity contribution is 7.99. The second-order valence-corrected chi connectivity index (χ2v) is 5.01. The molecule has 0 radical (unpaired) electrons. The summed E-state index contributed by atoms with van der Waals surface area (Å²) in [6, 6.07) is 8.38. The van der Waals surface area contributed by atoms with E-state index in [9.17, 15) is 0 Å². The maximum absolute atomic E-state index is 5.81. The highest BCUT2D eigenvalue weighted by atomic mass is 32.2. The van der Waals surface area contributed by atoms with Crippen LogP contribution in [0.1, 0.15) is 16.4 Å². The summed E-state index contributed by atoms with van der Waals surface area (Å²) in [6.45, 7) is 2.63. The number of thioether (sulfide) groups is 1. The number of rotatable bonds is 4. The Hall–Kier alpha value is -1.40.